The van der Waals surface area contributed by atoms with Crippen LogP contribution >= 0.6 is 11.6 Å². The lowest BCUT2D eigenvalue weighted by Gasteiger charge is -2.13. The molecule has 0 saturated carbocycles. The fourth-order valence-corrected chi connectivity index (χ4v) is 2.10. The summed E-state index contributed by atoms with van der Waals surface area (Å²) in [6, 6.07) is 2.08. The number of primary amides is 1. The van der Waals surface area contributed by atoms with Crippen molar-refractivity contribution in [1.29, 1.82) is 0 Å². The zero-order chi connectivity index (χ0) is 16.5. The monoisotopic (exact) mass is 329 g/mol. The van der Waals surface area contributed by atoms with Crippen molar-refractivity contribution in [1.82, 2.24) is 9.97 Å². The third-order valence-electron chi connectivity index (χ3n) is 2.76. The Balaban J connectivity index is 2.76. The minimum Gasteiger partial charge on any atom is -0.366 e. The van der Waals surface area contributed by atoms with Gasteiger partial charge in [-0.2, -0.15) is 13.2 Å². The molecule has 2 aromatic rings. The summed E-state index contributed by atoms with van der Waals surface area (Å²) in [6.07, 6.45) is -1.89. The highest BCUT2D eigenvalue weighted by molar-refractivity contribution is 6.33. The maximum absolute atomic E-state index is 12.7. The zero-order valence-electron chi connectivity index (χ0n) is 10.7. The highest BCUT2D eigenvalue weighted by Gasteiger charge is 2.41. The summed E-state index contributed by atoms with van der Waals surface area (Å²) in [6.45, 7) is 0. The number of alkyl halides is 3. The van der Waals surface area contributed by atoms with Crippen LogP contribution in [0.5, 0.6) is 0 Å². The van der Waals surface area contributed by atoms with Crippen LogP contribution in [0.2, 0.25) is 5.15 Å². The lowest BCUT2D eigenvalue weighted by Crippen LogP contribution is -2.24. The molecule has 0 aliphatic carbocycles. The van der Waals surface area contributed by atoms with Crippen LogP contribution in [0.1, 0.15) is 20.7 Å². The van der Waals surface area contributed by atoms with Gasteiger partial charge in [0, 0.05) is 35.3 Å². The average Bonchev–Trinajstić information content (AvgIpc) is 2.45. The van der Waals surface area contributed by atoms with Gasteiger partial charge in [-0.15, -0.1) is 0 Å². The van der Waals surface area contributed by atoms with Crippen LogP contribution in [0.4, 0.5) is 13.2 Å². The lowest BCUT2D eigenvalue weighted by atomic mass is 9.96. The third-order valence-corrected chi connectivity index (χ3v) is 3.05. The Morgan fingerprint density at radius 1 is 1.14 bits per heavy atom. The molecule has 2 N–H and O–H groups in total. The molecule has 0 saturated heterocycles. The normalized spacial score (nSPS) is 11.3. The molecule has 9 heteroatoms. The summed E-state index contributed by atoms with van der Waals surface area (Å²) in [5.74, 6) is -3.01. The van der Waals surface area contributed by atoms with Gasteiger partial charge in [-0.3, -0.25) is 14.6 Å². The van der Waals surface area contributed by atoms with Crippen LogP contribution in [0.3, 0.4) is 0 Å². The number of ketones is 1. The van der Waals surface area contributed by atoms with Crippen molar-refractivity contribution in [2.45, 2.75) is 6.18 Å². The fraction of sp³-hybridized carbons (Fsp3) is 0.0769. The van der Waals surface area contributed by atoms with Gasteiger partial charge in [0.2, 0.25) is 5.91 Å². The van der Waals surface area contributed by atoms with Gasteiger partial charge in [-0.05, 0) is 12.1 Å². The van der Waals surface area contributed by atoms with Gasteiger partial charge in [-0.25, -0.2) is 4.98 Å². The van der Waals surface area contributed by atoms with Crippen LogP contribution in [-0.2, 0) is 0 Å². The quantitative estimate of drug-likeness (QED) is 0.693. The number of pyridine rings is 2. The number of rotatable bonds is 3. The largest absolute Gasteiger partial charge is 0.454 e. The predicted molar refractivity (Wildman–Crippen MR) is 71.4 cm³/mol. The molecule has 2 heterocycles. The van der Waals surface area contributed by atoms with E-state index >= 15 is 0 Å². The number of hydrogen-bond donors (Lipinski definition) is 1. The van der Waals surface area contributed by atoms with Crippen molar-refractivity contribution in [3.05, 3.63) is 47.0 Å². The molecule has 22 heavy (non-hydrogen) atoms. The van der Waals surface area contributed by atoms with Crippen molar-refractivity contribution < 1.29 is 22.8 Å². The zero-order valence-corrected chi connectivity index (χ0v) is 11.4. The van der Waals surface area contributed by atoms with Crippen molar-refractivity contribution >= 4 is 23.3 Å². The molecule has 114 valence electrons. The molecule has 0 aliphatic heterocycles. The number of halogens is 4. The smallest absolute Gasteiger partial charge is 0.366 e. The van der Waals surface area contributed by atoms with Crippen molar-refractivity contribution in [3.8, 4) is 11.1 Å². The first kappa shape index (κ1) is 15.9. The molecule has 0 unspecified atom stereocenters. The summed E-state index contributed by atoms with van der Waals surface area (Å²) in [4.78, 5) is 30.3. The Bertz CT molecular complexity index is 762. The van der Waals surface area contributed by atoms with E-state index in [2.05, 4.69) is 9.97 Å². The SMILES string of the molecule is NC(=O)c1ccnc(Cl)c1-c1cnccc1C(=O)C(F)(F)F. The Hall–Kier alpha value is -2.48. The minimum absolute atomic E-state index is 0.163. The first-order chi connectivity index (χ1) is 10.2. The van der Waals surface area contributed by atoms with Crippen LogP contribution in [0.15, 0.2) is 30.7 Å². The van der Waals surface area contributed by atoms with E-state index in [4.69, 9.17) is 17.3 Å². The Kier molecular flexibility index (Phi) is 4.14. The molecule has 1 amide bonds. The van der Waals surface area contributed by atoms with E-state index in [-0.39, 0.29) is 21.8 Å². The highest BCUT2D eigenvalue weighted by atomic mass is 35.5. The molecular formula is C13H7ClF3N3O2. The van der Waals surface area contributed by atoms with Gasteiger partial charge in [-0.1, -0.05) is 11.6 Å². The number of carbonyl (C=O) groups excluding carboxylic acids is 2. The fourth-order valence-electron chi connectivity index (χ4n) is 1.84. The van der Waals surface area contributed by atoms with E-state index in [0.29, 0.717) is 0 Å². The number of carbonyl (C=O) groups is 2. The molecule has 2 aromatic heterocycles. The Labute approximate surface area is 126 Å². The minimum atomic E-state index is -5.09. The molecule has 5 nitrogen and oxygen atoms in total. The highest BCUT2D eigenvalue weighted by Crippen LogP contribution is 2.34. The van der Waals surface area contributed by atoms with Crippen LogP contribution in [0.25, 0.3) is 11.1 Å². The first-order valence-corrected chi connectivity index (χ1v) is 6.11. The number of hydrogen-bond acceptors (Lipinski definition) is 4. The lowest BCUT2D eigenvalue weighted by molar-refractivity contribution is -0.0884. The van der Waals surface area contributed by atoms with Crippen molar-refractivity contribution in [2.24, 2.45) is 5.73 Å². The first-order valence-electron chi connectivity index (χ1n) is 5.73. The second-order valence-electron chi connectivity index (χ2n) is 4.14. The number of nitrogens with two attached hydrogens (primary N) is 1. The topological polar surface area (TPSA) is 85.9 Å². The van der Waals surface area contributed by atoms with E-state index in [1.165, 1.54) is 12.3 Å². The van der Waals surface area contributed by atoms with Gasteiger partial charge >= 0.3 is 6.18 Å². The maximum Gasteiger partial charge on any atom is 0.454 e. The van der Waals surface area contributed by atoms with Gasteiger partial charge in [0.15, 0.2) is 0 Å². The van der Waals surface area contributed by atoms with E-state index in [0.717, 1.165) is 18.5 Å². The second kappa shape index (κ2) is 5.72. The third kappa shape index (κ3) is 2.91. The molecule has 0 radical (unpaired) electrons. The molecule has 0 aromatic carbocycles. The van der Waals surface area contributed by atoms with Gasteiger partial charge < -0.3 is 5.73 Å². The molecule has 2 rings (SSSR count). The molecule has 0 fully saturated rings. The van der Waals surface area contributed by atoms with Gasteiger partial charge in [0.1, 0.15) is 5.15 Å². The standard InChI is InChI=1S/C13H7ClF3N3O2/c14-11-9(7(12(18)22)2-4-20-11)8-5-19-3-1-6(8)10(21)13(15,16)17/h1-5H,(H2,18,22). The summed E-state index contributed by atoms with van der Waals surface area (Å²) >= 11 is 5.86. The van der Waals surface area contributed by atoms with Crippen LogP contribution in [-0.4, -0.2) is 27.8 Å². The van der Waals surface area contributed by atoms with E-state index < -0.39 is 23.4 Å². The number of aromatic nitrogens is 2. The maximum atomic E-state index is 12.7. The van der Waals surface area contributed by atoms with E-state index in [9.17, 15) is 22.8 Å². The molecule has 0 bridgehead atoms. The summed E-state index contributed by atoms with van der Waals surface area (Å²) in [5, 5.41) is -0.263. The van der Waals surface area contributed by atoms with Crippen LogP contribution < -0.4 is 5.73 Å². The van der Waals surface area contributed by atoms with Gasteiger partial charge in [0.05, 0.1) is 5.56 Å². The average molecular weight is 330 g/mol. The number of Topliss-reactive ketones (excluding diaryl/α,β-unsaturated/α-hetero) is 1. The Morgan fingerprint density at radius 2 is 1.77 bits per heavy atom. The van der Waals surface area contributed by atoms with Crippen molar-refractivity contribution in [3.63, 3.8) is 0 Å². The second-order valence-corrected chi connectivity index (χ2v) is 4.49. The molecule has 0 spiro atoms. The summed E-state index contributed by atoms with van der Waals surface area (Å²) in [7, 11) is 0. The number of amides is 1. The molecule has 0 atom stereocenters. The molecular weight excluding hydrogens is 323 g/mol. The number of nitrogens with zero attached hydrogens (tertiary/aromatic N) is 2. The van der Waals surface area contributed by atoms with E-state index in [1.54, 1.807) is 0 Å². The Morgan fingerprint density at radius 3 is 2.36 bits per heavy atom. The molecule has 0 aliphatic rings. The van der Waals surface area contributed by atoms with Gasteiger partial charge in [0.25, 0.3) is 5.78 Å². The predicted octanol–water partition coefficient (Wildman–Crippen LogP) is 2.64. The van der Waals surface area contributed by atoms with Crippen LogP contribution in [0, 0.1) is 0 Å². The van der Waals surface area contributed by atoms with E-state index in [1.807, 2.05) is 0 Å². The summed E-state index contributed by atoms with van der Waals surface area (Å²) in [5.41, 5.74) is 3.89. The summed E-state index contributed by atoms with van der Waals surface area (Å²) < 4.78 is 38.0. The van der Waals surface area contributed by atoms with Crippen molar-refractivity contribution in [2.75, 3.05) is 0 Å².